The molecule has 4 heteroatoms. The van der Waals surface area contributed by atoms with Gasteiger partial charge in [0.1, 0.15) is 10.8 Å². The van der Waals surface area contributed by atoms with E-state index in [-0.39, 0.29) is 0 Å². The number of hydrogen-bond acceptors (Lipinski definition) is 4. The van der Waals surface area contributed by atoms with Gasteiger partial charge in [0.15, 0.2) is 0 Å². The maximum atomic E-state index is 6.06. The van der Waals surface area contributed by atoms with Crippen molar-refractivity contribution >= 4 is 22.4 Å². The van der Waals surface area contributed by atoms with Crippen molar-refractivity contribution in [2.24, 2.45) is 0 Å². The first-order valence-corrected chi connectivity index (χ1v) is 7.15. The predicted octanol–water partition coefficient (Wildman–Crippen LogP) is 3.38. The summed E-state index contributed by atoms with van der Waals surface area (Å²) in [6.07, 6.45) is 2.58. The van der Waals surface area contributed by atoms with Crippen molar-refractivity contribution in [3.05, 3.63) is 30.3 Å². The van der Waals surface area contributed by atoms with Gasteiger partial charge in [-0.15, -0.1) is 0 Å². The summed E-state index contributed by atoms with van der Waals surface area (Å²) < 4.78 is 4.35. The van der Waals surface area contributed by atoms with Crippen molar-refractivity contribution in [1.82, 2.24) is 4.37 Å². The first-order chi connectivity index (χ1) is 8.81. The van der Waals surface area contributed by atoms with E-state index in [1.807, 2.05) is 18.2 Å². The molecule has 1 fully saturated rings. The van der Waals surface area contributed by atoms with Crippen LogP contribution in [-0.4, -0.2) is 17.0 Å². The van der Waals surface area contributed by atoms with Crippen LogP contribution in [0.4, 0.5) is 10.8 Å². The number of nitrogen functional groups attached to an aromatic ring is 1. The first kappa shape index (κ1) is 11.5. The van der Waals surface area contributed by atoms with Crippen LogP contribution in [0.3, 0.4) is 0 Å². The maximum Gasteiger partial charge on any atom is 0.147 e. The van der Waals surface area contributed by atoms with Gasteiger partial charge in [-0.25, -0.2) is 0 Å². The van der Waals surface area contributed by atoms with Gasteiger partial charge >= 0.3 is 0 Å². The monoisotopic (exact) mass is 259 g/mol. The molecule has 0 spiro atoms. The van der Waals surface area contributed by atoms with Gasteiger partial charge in [0.05, 0.1) is 5.56 Å². The molecule has 1 aliphatic rings. The fraction of sp³-hybridized carbons (Fsp3) is 0.357. The summed E-state index contributed by atoms with van der Waals surface area (Å²) in [7, 11) is 0. The minimum absolute atomic E-state index is 0.653. The predicted molar refractivity (Wildman–Crippen MR) is 78.0 cm³/mol. The summed E-state index contributed by atoms with van der Waals surface area (Å²) in [5.41, 5.74) is 8.33. The molecule has 2 aromatic rings. The highest BCUT2D eigenvalue weighted by Crippen LogP contribution is 2.43. The smallest absolute Gasteiger partial charge is 0.147 e. The molecule has 1 saturated carbocycles. The normalized spacial score (nSPS) is 14.7. The van der Waals surface area contributed by atoms with Crippen LogP contribution < -0.4 is 10.6 Å². The zero-order chi connectivity index (χ0) is 12.5. The van der Waals surface area contributed by atoms with Crippen LogP contribution in [0.5, 0.6) is 0 Å². The van der Waals surface area contributed by atoms with Gasteiger partial charge in [-0.3, -0.25) is 0 Å². The van der Waals surface area contributed by atoms with Crippen molar-refractivity contribution in [2.75, 3.05) is 17.2 Å². The van der Waals surface area contributed by atoms with E-state index in [0.717, 1.165) is 17.7 Å². The molecular weight excluding hydrogens is 242 g/mol. The molecule has 18 heavy (non-hydrogen) atoms. The number of nitrogens with zero attached hydrogens (tertiary/aromatic N) is 2. The minimum Gasteiger partial charge on any atom is -0.382 e. The number of rotatable bonds is 4. The van der Waals surface area contributed by atoms with Crippen LogP contribution in [0.25, 0.3) is 11.1 Å². The maximum absolute atomic E-state index is 6.06. The molecule has 3 nitrogen and oxygen atoms in total. The summed E-state index contributed by atoms with van der Waals surface area (Å²) >= 11 is 1.52. The molecule has 0 unspecified atom stereocenters. The van der Waals surface area contributed by atoms with Crippen LogP contribution in [0.2, 0.25) is 0 Å². The van der Waals surface area contributed by atoms with Crippen molar-refractivity contribution < 1.29 is 0 Å². The van der Waals surface area contributed by atoms with E-state index in [1.54, 1.807) is 0 Å². The Bertz CT molecular complexity index is 531. The molecule has 1 aromatic carbocycles. The van der Waals surface area contributed by atoms with Crippen molar-refractivity contribution in [3.8, 4) is 11.1 Å². The fourth-order valence-corrected chi connectivity index (χ4v) is 3.29. The van der Waals surface area contributed by atoms with E-state index < -0.39 is 0 Å². The Morgan fingerprint density at radius 1 is 1.33 bits per heavy atom. The van der Waals surface area contributed by atoms with E-state index >= 15 is 0 Å². The first-order valence-electron chi connectivity index (χ1n) is 6.38. The summed E-state index contributed by atoms with van der Waals surface area (Å²) in [5, 5.41) is 1.23. The van der Waals surface area contributed by atoms with E-state index in [1.165, 1.54) is 29.4 Å². The largest absolute Gasteiger partial charge is 0.382 e. The number of nitrogens with two attached hydrogens (primary N) is 1. The van der Waals surface area contributed by atoms with Gasteiger partial charge < -0.3 is 10.6 Å². The average Bonchev–Trinajstić information content (AvgIpc) is 3.16. The lowest BCUT2D eigenvalue weighted by Gasteiger charge is -2.21. The van der Waals surface area contributed by atoms with Gasteiger partial charge in [-0.1, -0.05) is 30.3 Å². The third-order valence-corrected chi connectivity index (χ3v) is 4.25. The second kappa shape index (κ2) is 4.61. The molecule has 1 heterocycles. The van der Waals surface area contributed by atoms with Crippen LogP contribution in [0, 0.1) is 0 Å². The standard InChI is InChI=1S/C14H17N3S/c1-2-17(11-8-9-11)14-12(13(15)16-18-14)10-6-4-3-5-7-10/h3-7,11H,2,8-9H2,1H3,(H2,15,16). The van der Waals surface area contributed by atoms with E-state index in [9.17, 15) is 0 Å². The van der Waals surface area contributed by atoms with Crippen LogP contribution in [0.1, 0.15) is 19.8 Å². The Morgan fingerprint density at radius 2 is 2.06 bits per heavy atom. The quantitative estimate of drug-likeness (QED) is 0.915. The molecule has 1 aromatic heterocycles. The lowest BCUT2D eigenvalue weighted by molar-refractivity contribution is 0.836. The van der Waals surface area contributed by atoms with Crippen molar-refractivity contribution in [1.29, 1.82) is 0 Å². The molecule has 94 valence electrons. The highest BCUT2D eigenvalue weighted by Gasteiger charge is 2.31. The number of aromatic nitrogens is 1. The summed E-state index contributed by atoms with van der Waals surface area (Å²) in [5.74, 6) is 0.653. The van der Waals surface area contributed by atoms with Gasteiger partial charge in [-0.2, -0.15) is 4.37 Å². The Morgan fingerprint density at radius 3 is 2.67 bits per heavy atom. The second-order valence-corrected chi connectivity index (χ2v) is 5.38. The third kappa shape index (κ3) is 1.97. The van der Waals surface area contributed by atoms with Crippen LogP contribution in [-0.2, 0) is 0 Å². The molecule has 0 radical (unpaired) electrons. The zero-order valence-corrected chi connectivity index (χ0v) is 11.3. The Kier molecular flexibility index (Phi) is 2.96. The summed E-state index contributed by atoms with van der Waals surface area (Å²) in [6, 6.07) is 11.0. The number of benzene rings is 1. The summed E-state index contributed by atoms with van der Waals surface area (Å²) in [4.78, 5) is 2.44. The molecule has 0 amide bonds. The second-order valence-electron chi connectivity index (χ2n) is 4.63. The highest BCUT2D eigenvalue weighted by atomic mass is 32.1. The fourth-order valence-electron chi connectivity index (χ4n) is 2.32. The zero-order valence-electron chi connectivity index (χ0n) is 10.5. The Hall–Kier alpha value is -1.55. The number of anilines is 2. The lowest BCUT2D eigenvalue weighted by Crippen LogP contribution is -2.24. The van der Waals surface area contributed by atoms with Gasteiger partial charge in [-0.05, 0) is 36.9 Å². The van der Waals surface area contributed by atoms with E-state index in [4.69, 9.17) is 5.73 Å². The number of hydrogen-bond donors (Lipinski definition) is 1. The molecule has 1 aliphatic carbocycles. The highest BCUT2D eigenvalue weighted by molar-refractivity contribution is 7.11. The molecule has 2 N–H and O–H groups in total. The topological polar surface area (TPSA) is 42.2 Å². The third-order valence-electron chi connectivity index (χ3n) is 3.35. The van der Waals surface area contributed by atoms with Gasteiger partial charge in [0.25, 0.3) is 0 Å². The van der Waals surface area contributed by atoms with Gasteiger partial charge in [0.2, 0.25) is 0 Å². The molecule has 0 bridgehead atoms. The molecule has 0 aliphatic heterocycles. The van der Waals surface area contributed by atoms with Crippen LogP contribution in [0.15, 0.2) is 30.3 Å². The van der Waals surface area contributed by atoms with Crippen LogP contribution >= 0.6 is 11.5 Å². The Labute approximate surface area is 111 Å². The SMILES string of the molecule is CCN(c1snc(N)c1-c1ccccc1)C1CC1. The van der Waals surface area contributed by atoms with E-state index in [0.29, 0.717) is 11.9 Å². The van der Waals surface area contributed by atoms with Crippen molar-refractivity contribution in [2.45, 2.75) is 25.8 Å². The Balaban J connectivity index is 2.06. The van der Waals surface area contributed by atoms with Gasteiger partial charge in [0, 0.05) is 12.6 Å². The summed E-state index contributed by atoms with van der Waals surface area (Å²) in [6.45, 7) is 3.22. The molecule has 0 atom stereocenters. The van der Waals surface area contributed by atoms with Crippen molar-refractivity contribution in [3.63, 3.8) is 0 Å². The minimum atomic E-state index is 0.653. The molecule has 3 rings (SSSR count). The average molecular weight is 259 g/mol. The molecular formula is C14H17N3S. The lowest BCUT2D eigenvalue weighted by atomic mass is 10.1. The van der Waals surface area contributed by atoms with E-state index in [2.05, 4.69) is 28.3 Å². The molecule has 0 saturated heterocycles.